The molecule has 0 heterocycles. The smallest absolute Gasteiger partial charge is 0.393 e. The number of fused-ring (bicyclic) bond motifs is 5. The molecule has 0 spiro atoms. The summed E-state index contributed by atoms with van der Waals surface area (Å²) in [7, 11) is -2.36. The molecule has 10 atom stereocenters. The number of rotatable bonds is 7. The highest BCUT2D eigenvalue weighted by atomic mass is 32.3. The van der Waals surface area contributed by atoms with Crippen molar-refractivity contribution in [3.8, 4) is 0 Å². The van der Waals surface area contributed by atoms with E-state index < -0.39 is 16.5 Å². The molecule has 0 aliphatic heterocycles. The molecular weight excluding hydrogens is 438 g/mol. The van der Waals surface area contributed by atoms with Crippen LogP contribution in [0, 0.1) is 46.3 Å². The van der Waals surface area contributed by atoms with E-state index in [0.29, 0.717) is 47.5 Å². The topological polar surface area (TPSA) is 95.9 Å². The number of aliphatic hydroxyl groups is 1. The Kier molecular flexibility index (Phi) is 7.33. The van der Waals surface area contributed by atoms with Crippen molar-refractivity contribution in [2.24, 2.45) is 46.3 Å². The first-order chi connectivity index (χ1) is 15.4. The SMILES string of the molecule is CNC1CC[C@]2(C)C3CC[C@]4(C)C(CC[C@@H](OS(=O)(=O)O)C(C)C)CCC4C3[C@H](O)C[C@H]2C1. The van der Waals surface area contributed by atoms with Crippen LogP contribution >= 0.6 is 0 Å². The minimum atomic E-state index is -4.44. The standard InChI is InChI=1S/C26H47NO5S/c1-16(2)23(32-33(29,30)31)9-7-17-6-8-20-24-21(11-13-25(17,20)3)26(4)12-10-19(27-5)14-18(26)15-22(24)28/h16-24,27-28H,6-15H2,1-5H3,(H,29,30,31)/t17?,18-,19?,20?,21?,22-,23-,24?,25-,26+/m1/s1. The lowest BCUT2D eigenvalue weighted by Gasteiger charge is -2.62. The van der Waals surface area contributed by atoms with Crippen LogP contribution < -0.4 is 5.32 Å². The molecule has 0 aromatic heterocycles. The maximum atomic E-state index is 11.4. The third kappa shape index (κ3) is 4.78. The molecule has 0 radical (unpaired) electrons. The van der Waals surface area contributed by atoms with Crippen molar-refractivity contribution in [2.75, 3.05) is 7.05 Å². The zero-order valence-electron chi connectivity index (χ0n) is 21.3. The largest absolute Gasteiger partial charge is 0.397 e. The minimum Gasteiger partial charge on any atom is -0.393 e. The zero-order chi connectivity index (χ0) is 24.2. The van der Waals surface area contributed by atoms with Crippen LogP contribution in [0.1, 0.15) is 91.9 Å². The number of nitrogens with one attached hydrogen (secondary N) is 1. The van der Waals surface area contributed by atoms with Gasteiger partial charge in [-0.25, -0.2) is 4.18 Å². The Bertz CT molecular complexity index is 803. The van der Waals surface area contributed by atoms with Gasteiger partial charge in [0, 0.05) is 6.04 Å². The first-order valence-corrected chi connectivity index (χ1v) is 14.8. The summed E-state index contributed by atoms with van der Waals surface area (Å²) in [6, 6.07) is 0.593. The molecule has 0 bridgehead atoms. The lowest BCUT2D eigenvalue weighted by Crippen LogP contribution is -2.59. The monoisotopic (exact) mass is 485 g/mol. The van der Waals surface area contributed by atoms with E-state index in [2.05, 4.69) is 26.2 Å². The van der Waals surface area contributed by atoms with E-state index >= 15 is 0 Å². The molecule has 192 valence electrons. The Balaban J connectivity index is 1.48. The van der Waals surface area contributed by atoms with Crippen molar-refractivity contribution >= 4 is 10.4 Å². The van der Waals surface area contributed by atoms with Crippen molar-refractivity contribution < 1.29 is 22.3 Å². The molecule has 0 amide bonds. The van der Waals surface area contributed by atoms with E-state index in [0.717, 1.165) is 19.3 Å². The Labute approximate surface area is 201 Å². The second kappa shape index (κ2) is 9.34. The highest BCUT2D eigenvalue weighted by molar-refractivity contribution is 7.80. The molecule has 0 saturated heterocycles. The van der Waals surface area contributed by atoms with Crippen molar-refractivity contribution in [1.82, 2.24) is 5.32 Å². The van der Waals surface area contributed by atoms with Crippen molar-refractivity contribution in [3.05, 3.63) is 0 Å². The molecule has 6 nitrogen and oxygen atoms in total. The maximum Gasteiger partial charge on any atom is 0.397 e. The van der Waals surface area contributed by atoms with Gasteiger partial charge in [-0.2, -0.15) is 8.42 Å². The molecule has 4 aliphatic rings. The molecule has 5 unspecified atom stereocenters. The van der Waals surface area contributed by atoms with Gasteiger partial charge in [0.05, 0.1) is 12.2 Å². The zero-order valence-corrected chi connectivity index (χ0v) is 22.1. The Morgan fingerprint density at radius 1 is 1.03 bits per heavy atom. The van der Waals surface area contributed by atoms with Crippen LogP contribution in [0.3, 0.4) is 0 Å². The van der Waals surface area contributed by atoms with E-state index in [1.165, 1.54) is 38.5 Å². The number of hydrogen-bond acceptors (Lipinski definition) is 5. The van der Waals surface area contributed by atoms with Crippen molar-refractivity contribution in [3.63, 3.8) is 0 Å². The minimum absolute atomic E-state index is 0.0254. The van der Waals surface area contributed by atoms with Crippen LogP contribution in [0.25, 0.3) is 0 Å². The highest BCUT2D eigenvalue weighted by Crippen LogP contribution is 2.67. The predicted molar refractivity (Wildman–Crippen MR) is 130 cm³/mol. The molecule has 4 rings (SSSR count). The summed E-state index contributed by atoms with van der Waals surface area (Å²) >= 11 is 0. The molecule has 7 heteroatoms. The molecular formula is C26H47NO5S. The van der Waals surface area contributed by atoms with Crippen LogP contribution in [-0.2, 0) is 14.6 Å². The van der Waals surface area contributed by atoms with Gasteiger partial charge in [0.25, 0.3) is 0 Å². The average Bonchev–Trinajstić information content (AvgIpc) is 3.06. The average molecular weight is 486 g/mol. The molecule has 4 saturated carbocycles. The summed E-state index contributed by atoms with van der Waals surface area (Å²) in [4.78, 5) is 0. The van der Waals surface area contributed by atoms with Crippen molar-refractivity contribution in [1.29, 1.82) is 0 Å². The van der Waals surface area contributed by atoms with Crippen LogP contribution in [0.15, 0.2) is 0 Å². The predicted octanol–water partition coefficient (Wildman–Crippen LogP) is 4.83. The summed E-state index contributed by atoms with van der Waals surface area (Å²) in [5.74, 6) is 2.73. The fourth-order valence-electron chi connectivity index (χ4n) is 9.08. The van der Waals surface area contributed by atoms with E-state index in [-0.39, 0.29) is 17.4 Å². The summed E-state index contributed by atoms with van der Waals surface area (Å²) in [6.07, 6.45) is 10.3. The van der Waals surface area contributed by atoms with Gasteiger partial charge in [-0.05, 0) is 118 Å². The van der Waals surface area contributed by atoms with Gasteiger partial charge in [0.15, 0.2) is 0 Å². The Morgan fingerprint density at radius 2 is 1.70 bits per heavy atom. The van der Waals surface area contributed by atoms with Gasteiger partial charge in [0.2, 0.25) is 0 Å². The molecule has 4 aliphatic carbocycles. The molecule has 0 aromatic carbocycles. The second-order valence-electron chi connectivity index (χ2n) is 12.8. The van der Waals surface area contributed by atoms with Gasteiger partial charge in [-0.15, -0.1) is 0 Å². The first-order valence-electron chi connectivity index (χ1n) is 13.4. The Hall–Kier alpha value is -0.210. The lowest BCUT2D eigenvalue weighted by molar-refractivity contribution is -0.165. The Morgan fingerprint density at radius 3 is 2.33 bits per heavy atom. The number of hydrogen-bond donors (Lipinski definition) is 3. The molecule has 33 heavy (non-hydrogen) atoms. The van der Waals surface area contributed by atoms with Crippen LogP contribution in [0.2, 0.25) is 0 Å². The summed E-state index contributed by atoms with van der Waals surface area (Å²) < 4.78 is 36.8. The van der Waals surface area contributed by atoms with Gasteiger partial charge in [0.1, 0.15) is 0 Å². The molecule has 0 aromatic rings. The van der Waals surface area contributed by atoms with Gasteiger partial charge in [-0.3, -0.25) is 4.55 Å². The van der Waals surface area contributed by atoms with E-state index in [1.807, 2.05) is 13.8 Å². The number of aliphatic hydroxyl groups excluding tert-OH is 1. The van der Waals surface area contributed by atoms with E-state index in [4.69, 9.17) is 4.18 Å². The third-order valence-corrected chi connectivity index (χ3v) is 11.6. The fraction of sp³-hybridized carbons (Fsp3) is 1.00. The first kappa shape index (κ1) is 25.9. The maximum absolute atomic E-state index is 11.4. The molecule has 3 N–H and O–H groups in total. The third-order valence-electron chi connectivity index (χ3n) is 11.1. The highest BCUT2D eigenvalue weighted by Gasteiger charge is 2.62. The van der Waals surface area contributed by atoms with Crippen LogP contribution in [0.5, 0.6) is 0 Å². The van der Waals surface area contributed by atoms with Gasteiger partial charge < -0.3 is 10.4 Å². The molecule has 4 fully saturated rings. The fourth-order valence-corrected chi connectivity index (χ4v) is 9.71. The van der Waals surface area contributed by atoms with Gasteiger partial charge >= 0.3 is 10.4 Å². The quantitative estimate of drug-likeness (QED) is 0.447. The van der Waals surface area contributed by atoms with Crippen LogP contribution in [0.4, 0.5) is 0 Å². The summed E-state index contributed by atoms with van der Waals surface area (Å²) in [5.41, 5.74) is 0.551. The summed E-state index contributed by atoms with van der Waals surface area (Å²) in [6.45, 7) is 8.86. The second-order valence-corrected chi connectivity index (χ2v) is 13.8. The normalized spacial score (nSPS) is 46.5. The van der Waals surface area contributed by atoms with Gasteiger partial charge in [-0.1, -0.05) is 27.7 Å². The lowest BCUT2D eigenvalue weighted by atomic mass is 9.44. The van der Waals surface area contributed by atoms with Crippen LogP contribution in [-0.4, -0.2) is 43.4 Å². The van der Waals surface area contributed by atoms with E-state index in [1.54, 1.807) is 0 Å². The summed E-state index contributed by atoms with van der Waals surface area (Å²) in [5, 5.41) is 14.9. The van der Waals surface area contributed by atoms with E-state index in [9.17, 15) is 18.1 Å². The van der Waals surface area contributed by atoms with Crippen molar-refractivity contribution in [2.45, 2.75) is 110 Å².